The quantitative estimate of drug-likeness (QED) is 0.373. The number of benzene rings is 1. The minimum absolute atomic E-state index is 0.192. The molecule has 1 aliphatic heterocycles. The summed E-state index contributed by atoms with van der Waals surface area (Å²) in [7, 11) is 1.68. The molecule has 0 aliphatic carbocycles. The molecule has 2 rings (SSSR count). The zero-order chi connectivity index (χ0) is 20.4. The van der Waals surface area contributed by atoms with Crippen LogP contribution in [0.4, 0.5) is 13.2 Å². The number of likely N-dealkylation sites (tertiary alicyclic amines) is 1. The molecule has 0 bridgehead atoms. The van der Waals surface area contributed by atoms with Crippen molar-refractivity contribution >= 4 is 11.9 Å². The van der Waals surface area contributed by atoms with Crippen LogP contribution in [0.25, 0.3) is 0 Å². The van der Waals surface area contributed by atoms with Crippen LogP contribution in [0.2, 0.25) is 0 Å². The van der Waals surface area contributed by atoms with E-state index in [0.29, 0.717) is 19.0 Å². The first-order valence-electron chi connectivity index (χ1n) is 9.52. The number of nitrogens with one attached hydrogen (secondary N) is 3. The average Bonchev–Trinajstić information content (AvgIpc) is 2.70. The van der Waals surface area contributed by atoms with E-state index in [9.17, 15) is 18.0 Å². The molecule has 3 N–H and O–H groups in total. The molecule has 28 heavy (non-hydrogen) atoms. The fourth-order valence-electron chi connectivity index (χ4n) is 3.01. The second kappa shape index (κ2) is 10.9. The van der Waals surface area contributed by atoms with E-state index in [4.69, 9.17) is 0 Å². The highest BCUT2D eigenvalue weighted by Gasteiger charge is 2.30. The Bertz CT molecular complexity index is 640. The lowest BCUT2D eigenvalue weighted by Gasteiger charge is -2.26. The summed E-state index contributed by atoms with van der Waals surface area (Å²) < 4.78 is 37.6. The number of alkyl halides is 3. The molecular formula is C19H28F3N5O. The number of rotatable bonds is 7. The van der Waals surface area contributed by atoms with E-state index < -0.39 is 17.6 Å². The van der Waals surface area contributed by atoms with Crippen molar-refractivity contribution in [1.29, 1.82) is 0 Å². The Hall–Kier alpha value is -2.29. The van der Waals surface area contributed by atoms with Gasteiger partial charge >= 0.3 is 6.18 Å². The highest BCUT2D eigenvalue weighted by atomic mass is 19.4. The van der Waals surface area contributed by atoms with Gasteiger partial charge in [0.2, 0.25) is 0 Å². The van der Waals surface area contributed by atoms with Crippen LogP contribution in [-0.2, 0) is 6.18 Å². The van der Waals surface area contributed by atoms with Crippen LogP contribution in [0.3, 0.4) is 0 Å². The van der Waals surface area contributed by atoms with Crippen molar-refractivity contribution in [3.63, 3.8) is 0 Å². The Balaban J connectivity index is 1.64. The van der Waals surface area contributed by atoms with Gasteiger partial charge in [0.05, 0.1) is 5.56 Å². The molecule has 1 aromatic rings. The van der Waals surface area contributed by atoms with Gasteiger partial charge in [-0.05, 0) is 50.2 Å². The predicted molar refractivity (Wildman–Crippen MR) is 103 cm³/mol. The van der Waals surface area contributed by atoms with Crippen LogP contribution >= 0.6 is 0 Å². The number of aliphatic imine (C=N–C) groups is 1. The van der Waals surface area contributed by atoms with Gasteiger partial charge < -0.3 is 20.9 Å². The minimum atomic E-state index is -4.41. The van der Waals surface area contributed by atoms with Gasteiger partial charge in [-0.25, -0.2) is 0 Å². The van der Waals surface area contributed by atoms with Gasteiger partial charge in [0.1, 0.15) is 0 Å². The summed E-state index contributed by atoms with van der Waals surface area (Å²) in [6, 6.07) is 4.15. The molecule has 156 valence electrons. The highest BCUT2D eigenvalue weighted by Crippen LogP contribution is 2.29. The largest absolute Gasteiger partial charge is 0.416 e. The Morgan fingerprint density at radius 1 is 1.00 bits per heavy atom. The van der Waals surface area contributed by atoms with Crippen LogP contribution in [0.1, 0.15) is 35.2 Å². The number of nitrogens with zero attached hydrogens (tertiary/aromatic N) is 2. The molecule has 0 radical (unpaired) electrons. The summed E-state index contributed by atoms with van der Waals surface area (Å²) in [5.74, 6) is 0.240. The van der Waals surface area contributed by atoms with E-state index in [-0.39, 0.29) is 5.56 Å². The van der Waals surface area contributed by atoms with E-state index in [1.165, 1.54) is 31.4 Å². The van der Waals surface area contributed by atoms with Crippen molar-refractivity contribution in [3.8, 4) is 0 Å². The smallest absolute Gasteiger partial charge is 0.355 e. The van der Waals surface area contributed by atoms with E-state index in [1.807, 2.05) is 0 Å². The Kier molecular flexibility index (Phi) is 8.56. The van der Waals surface area contributed by atoms with E-state index in [0.717, 1.165) is 38.3 Å². The molecule has 6 nitrogen and oxygen atoms in total. The van der Waals surface area contributed by atoms with Gasteiger partial charge in [-0.15, -0.1) is 0 Å². The lowest BCUT2D eigenvalue weighted by molar-refractivity contribution is -0.137. The molecule has 1 heterocycles. The second-order valence-electron chi connectivity index (χ2n) is 6.66. The van der Waals surface area contributed by atoms with Crippen molar-refractivity contribution in [3.05, 3.63) is 35.4 Å². The minimum Gasteiger partial charge on any atom is -0.355 e. The van der Waals surface area contributed by atoms with Crippen LogP contribution in [0, 0.1) is 0 Å². The van der Waals surface area contributed by atoms with Gasteiger partial charge in [-0.2, -0.15) is 13.2 Å². The third-order valence-electron chi connectivity index (χ3n) is 4.57. The number of carbonyl (C=O) groups is 1. The van der Waals surface area contributed by atoms with Crippen molar-refractivity contribution in [2.45, 2.75) is 25.4 Å². The summed E-state index contributed by atoms with van der Waals surface area (Å²) in [6.45, 7) is 4.82. The summed E-state index contributed by atoms with van der Waals surface area (Å²) in [6.07, 6.45) is -0.585. The maximum atomic E-state index is 12.5. The molecular weight excluding hydrogens is 371 g/mol. The summed E-state index contributed by atoms with van der Waals surface area (Å²) in [5.41, 5.74) is -0.581. The van der Waals surface area contributed by atoms with Crippen LogP contribution < -0.4 is 16.0 Å². The molecule has 0 aromatic heterocycles. The molecule has 1 saturated heterocycles. The first-order valence-corrected chi connectivity index (χ1v) is 9.52. The van der Waals surface area contributed by atoms with Gasteiger partial charge in [-0.1, -0.05) is 6.42 Å². The van der Waals surface area contributed by atoms with E-state index in [2.05, 4.69) is 25.8 Å². The number of carbonyl (C=O) groups excluding carboxylic acids is 1. The fourth-order valence-corrected chi connectivity index (χ4v) is 3.01. The number of piperidine rings is 1. The van der Waals surface area contributed by atoms with Crippen molar-refractivity contribution < 1.29 is 18.0 Å². The molecule has 1 amide bonds. The lowest BCUT2D eigenvalue weighted by atomic mass is 10.1. The predicted octanol–water partition coefficient (Wildman–Crippen LogP) is 2.09. The molecule has 0 atom stereocenters. The van der Waals surface area contributed by atoms with Gasteiger partial charge in [-0.3, -0.25) is 9.79 Å². The van der Waals surface area contributed by atoms with Crippen LogP contribution in [0.15, 0.2) is 29.3 Å². The molecule has 1 aromatic carbocycles. The van der Waals surface area contributed by atoms with Gasteiger partial charge in [0, 0.05) is 38.8 Å². The van der Waals surface area contributed by atoms with Crippen molar-refractivity contribution in [2.75, 3.05) is 46.3 Å². The summed E-state index contributed by atoms with van der Waals surface area (Å²) >= 11 is 0. The van der Waals surface area contributed by atoms with E-state index >= 15 is 0 Å². The van der Waals surface area contributed by atoms with Crippen LogP contribution in [0.5, 0.6) is 0 Å². The molecule has 1 aliphatic rings. The first kappa shape index (κ1) is 22.0. The molecule has 0 spiro atoms. The first-order chi connectivity index (χ1) is 13.4. The lowest BCUT2D eigenvalue weighted by Crippen LogP contribution is -2.44. The van der Waals surface area contributed by atoms with Gasteiger partial charge in [0.15, 0.2) is 5.96 Å². The second-order valence-corrected chi connectivity index (χ2v) is 6.66. The van der Waals surface area contributed by atoms with Crippen LogP contribution in [-0.4, -0.2) is 63.1 Å². The molecule has 9 heteroatoms. The number of halogens is 3. The zero-order valence-electron chi connectivity index (χ0n) is 16.1. The van der Waals surface area contributed by atoms with Gasteiger partial charge in [0.25, 0.3) is 5.91 Å². The monoisotopic (exact) mass is 399 g/mol. The Labute approximate surface area is 163 Å². The normalized spacial score (nSPS) is 15.9. The standard InChI is InChI=1S/C19H28F3N5O/c1-23-18(26-11-14-27-12-3-2-4-13-27)25-10-9-24-17(28)15-5-7-16(8-6-15)19(20,21)22/h5-8H,2-4,9-14H2,1H3,(H,24,28)(H2,23,25,26). The average molecular weight is 399 g/mol. The Morgan fingerprint density at radius 3 is 2.21 bits per heavy atom. The number of hydrogen-bond donors (Lipinski definition) is 3. The number of hydrogen-bond acceptors (Lipinski definition) is 3. The fraction of sp³-hybridized carbons (Fsp3) is 0.579. The number of amides is 1. The maximum absolute atomic E-state index is 12.5. The van der Waals surface area contributed by atoms with Crippen molar-refractivity contribution in [2.24, 2.45) is 4.99 Å². The number of guanidine groups is 1. The summed E-state index contributed by atoms with van der Waals surface area (Å²) in [5, 5.41) is 9.01. The third kappa shape index (κ3) is 7.38. The Morgan fingerprint density at radius 2 is 1.61 bits per heavy atom. The molecule has 1 fully saturated rings. The SMILES string of the molecule is CN=C(NCCNC(=O)c1ccc(C(F)(F)F)cc1)NCCN1CCCCC1. The maximum Gasteiger partial charge on any atom is 0.416 e. The highest BCUT2D eigenvalue weighted by molar-refractivity contribution is 5.94. The zero-order valence-corrected chi connectivity index (χ0v) is 16.1. The molecule has 0 unspecified atom stereocenters. The summed E-state index contributed by atoms with van der Waals surface area (Å²) in [4.78, 5) is 18.6. The molecule has 0 saturated carbocycles. The third-order valence-corrected chi connectivity index (χ3v) is 4.57. The topological polar surface area (TPSA) is 68.8 Å². The van der Waals surface area contributed by atoms with Crippen molar-refractivity contribution in [1.82, 2.24) is 20.9 Å². The van der Waals surface area contributed by atoms with E-state index in [1.54, 1.807) is 7.05 Å².